The van der Waals surface area contributed by atoms with Crippen LogP contribution in [-0.2, 0) is 11.2 Å². The Morgan fingerprint density at radius 2 is 1.80 bits per heavy atom. The SMILES string of the molecule is CC(=O)Oc1cccc(CC(=O)c2ccc(Br)cc2)c1. The summed E-state index contributed by atoms with van der Waals surface area (Å²) in [4.78, 5) is 23.0. The molecule has 0 aromatic heterocycles. The Morgan fingerprint density at radius 3 is 2.45 bits per heavy atom. The van der Waals surface area contributed by atoms with Crippen LogP contribution in [-0.4, -0.2) is 11.8 Å². The van der Waals surface area contributed by atoms with Gasteiger partial charge in [0, 0.05) is 23.4 Å². The molecule has 0 amide bonds. The van der Waals surface area contributed by atoms with Gasteiger partial charge < -0.3 is 4.74 Å². The van der Waals surface area contributed by atoms with E-state index in [1.165, 1.54) is 6.92 Å². The second kappa shape index (κ2) is 6.48. The molecule has 0 radical (unpaired) electrons. The molecule has 2 aromatic carbocycles. The van der Waals surface area contributed by atoms with E-state index in [0.717, 1.165) is 10.0 Å². The summed E-state index contributed by atoms with van der Waals surface area (Å²) in [5.41, 5.74) is 1.47. The first-order valence-electron chi connectivity index (χ1n) is 6.11. The van der Waals surface area contributed by atoms with Crippen molar-refractivity contribution in [3.63, 3.8) is 0 Å². The summed E-state index contributed by atoms with van der Waals surface area (Å²) in [7, 11) is 0. The first-order chi connectivity index (χ1) is 9.54. The minimum absolute atomic E-state index is 0.0254. The lowest BCUT2D eigenvalue weighted by Crippen LogP contribution is -2.05. The third kappa shape index (κ3) is 4.03. The lowest BCUT2D eigenvalue weighted by Gasteiger charge is -2.05. The van der Waals surface area contributed by atoms with Crippen molar-refractivity contribution in [1.82, 2.24) is 0 Å². The van der Waals surface area contributed by atoms with Gasteiger partial charge in [-0.05, 0) is 29.8 Å². The molecule has 2 rings (SSSR count). The van der Waals surface area contributed by atoms with Crippen molar-refractivity contribution in [1.29, 1.82) is 0 Å². The molecule has 102 valence electrons. The minimum atomic E-state index is -0.374. The van der Waals surface area contributed by atoms with Crippen LogP contribution in [0.25, 0.3) is 0 Å². The number of hydrogen-bond donors (Lipinski definition) is 0. The Bertz CT molecular complexity index is 632. The second-order valence-electron chi connectivity index (χ2n) is 4.35. The molecule has 0 heterocycles. The highest BCUT2D eigenvalue weighted by molar-refractivity contribution is 9.10. The molecule has 4 heteroatoms. The maximum atomic E-state index is 12.1. The van der Waals surface area contributed by atoms with E-state index < -0.39 is 0 Å². The van der Waals surface area contributed by atoms with Crippen molar-refractivity contribution in [3.8, 4) is 5.75 Å². The molecule has 0 bridgehead atoms. The summed E-state index contributed by atoms with van der Waals surface area (Å²) >= 11 is 3.33. The van der Waals surface area contributed by atoms with Gasteiger partial charge in [-0.15, -0.1) is 0 Å². The molecule has 20 heavy (non-hydrogen) atoms. The number of carbonyl (C=O) groups excluding carboxylic acids is 2. The van der Waals surface area contributed by atoms with E-state index in [-0.39, 0.29) is 18.2 Å². The number of ketones is 1. The number of esters is 1. The van der Waals surface area contributed by atoms with Crippen LogP contribution >= 0.6 is 15.9 Å². The Labute approximate surface area is 125 Å². The van der Waals surface area contributed by atoms with E-state index in [0.29, 0.717) is 11.3 Å². The molecule has 0 aliphatic rings. The summed E-state index contributed by atoms with van der Waals surface area (Å²) in [6.45, 7) is 1.35. The van der Waals surface area contributed by atoms with Gasteiger partial charge in [-0.1, -0.05) is 40.2 Å². The summed E-state index contributed by atoms with van der Waals surface area (Å²) < 4.78 is 5.94. The molecular formula is C16H13BrO3. The van der Waals surface area contributed by atoms with Gasteiger partial charge >= 0.3 is 5.97 Å². The Morgan fingerprint density at radius 1 is 1.10 bits per heavy atom. The molecule has 0 spiro atoms. The van der Waals surface area contributed by atoms with Crippen molar-refractivity contribution in [2.75, 3.05) is 0 Å². The third-order valence-corrected chi connectivity index (χ3v) is 3.22. The minimum Gasteiger partial charge on any atom is -0.427 e. The molecule has 3 nitrogen and oxygen atoms in total. The lowest BCUT2D eigenvalue weighted by molar-refractivity contribution is -0.131. The average molecular weight is 333 g/mol. The smallest absolute Gasteiger partial charge is 0.308 e. The van der Waals surface area contributed by atoms with Crippen LogP contribution in [0.4, 0.5) is 0 Å². The first-order valence-corrected chi connectivity index (χ1v) is 6.90. The average Bonchev–Trinajstić information content (AvgIpc) is 2.39. The van der Waals surface area contributed by atoms with Crippen molar-refractivity contribution in [2.24, 2.45) is 0 Å². The lowest BCUT2D eigenvalue weighted by atomic mass is 10.0. The summed E-state index contributed by atoms with van der Waals surface area (Å²) in [5, 5.41) is 0. The number of carbonyl (C=O) groups is 2. The topological polar surface area (TPSA) is 43.4 Å². The van der Waals surface area contributed by atoms with Crippen LogP contribution in [0, 0.1) is 0 Å². The van der Waals surface area contributed by atoms with Crippen LogP contribution in [0.1, 0.15) is 22.8 Å². The maximum absolute atomic E-state index is 12.1. The highest BCUT2D eigenvalue weighted by atomic mass is 79.9. The fraction of sp³-hybridized carbons (Fsp3) is 0.125. The largest absolute Gasteiger partial charge is 0.427 e. The van der Waals surface area contributed by atoms with Crippen LogP contribution in [0.5, 0.6) is 5.75 Å². The number of rotatable bonds is 4. The monoisotopic (exact) mass is 332 g/mol. The second-order valence-corrected chi connectivity index (χ2v) is 5.26. The van der Waals surface area contributed by atoms with Gasteiger partial charge in [-0.3, -0.25) is 9.59 Å². The zero-order chi connectivity index (χ0) is 14.5. The quantitative estimate of drug-likeness (QED) is 0.486. The van der Waals surface area contributed by atoms with Gasteiger partial charge in [0.2, 0.25) is 0 Å². The molecule has 2 aromatic rings. The summed E-state index contributed by atoms with van der Waals surface area (Å²) in [6, 6.07) is 14.2. The normalized spacial score (nSPS) is 10.1. The Kier molecular flexibility index (Phi) is 4.69. The molecule has 0 N–H and O–H groups in total. The molecule has 0 unspecified atom stereocenters. The summed E-state index contributed by atoms with van der Waals surface area (Å²) in [6.07, 6.45) is 0.275. The Hall–Kier alpha value is -1.94. The van der Waals surface area contributed by atoms with Gasteiger partial charge in [-0.25, -0.2) is 0 Å². The number of benzene rings is 2. The predicted octanol–water partition coefficient (Wildman–Crippen LogP) is 3.80. The maximum Gasteiger partial charge on any atom is 0.308 e. The number of Topliss-reactive ketones (excluding diaryl/α,β-unsaturated/α-hetero) is 1. The van der Waals surface area contributed by atoms with Crippen molar-refractivity contribution >= 4 is 27.7 Å². The highest BCUT2D eigenvalue weighted by Crippen LogP contribution is 2.17. The molecule has 0 saturated heterocycles. The van der Waals surface area contributed by atoms with E-state index in [4.69, 9.17) is 4.74 Å². The number of hydrogen-bond acceptors (Lipinski definition) is 3. The molecule has 0 saturated carbocycles. The van der Waals surface area contributed by atoms with Crippen LogP contribution in [0.15, 0.2) is 53.0 Å². The van der Waals surface area contributed by atoms with E-state index in [1.54, 1.807) is 30.3 Å². The van der Waals surface area contributed by atoms with E-state index in [1.807, 2.05) is 18.2 Å². The molecule has 0 aliphatic heterocycles. The molecular weight excluding hydrogens is 320 g/mol. The standard InChI is InChI=1S/C16H13BrO3/c1-11(18)20-15-4-2-3-12(9-15)10-16(19)13-5-7-14(17)8-6-13/h2-9H,10H2,1H3. The van der Waals surface area contributed by atoms with E-state index >= 15 is 0 Å². The fourth-order valence-electron chi connectivity index (χ4n) is 1.81. The molecule has 0 aliphatic carbocycles. The summed E-state index contributed by atoms with van der Waals surface area (Å²) in [5.74, 6) is 0.109. The fourth-order valence-corrected chi connectivity index (χ4v) is 2.07. The number of ether oxygens (including phenoxy) is 1. The van der Waals surface area contributed by atoms with Gasteiger partial charge in [0.15, 0.2) is 5.78 Å². The number of halogens is 1. The van der Waals surface area contributed by atoms with Crippen LogP contribution in [0.3, 0.4) is 0 Å². The highest BCUT2D eigenvalue weighted by Gasteiger charge is 2.08. The van der Waals surface area contributed by atoms with E-state index in [9.17, 15) is 9.59 Å². The van der Waals surface area contributed by atoms with Crippen molar-refractivity contribution in [3.05, 3.63) is 64.1 Å². The van der Waals surface area contributed by atoms with E-state index in [2.05, 4.69) is 15.9 Å². The zero-order valence-electron chi connectivity index (χ0n) is 10.9. The first kappa shape index (κ1) is 14.5. The Balaban J connectivity index is 2.11. The van der Waals surface area contributed by atoms with Crippen LogP contribution < -0.4 is 4.74 Å². The van der Waals surface area contributed by atoms with Gasteiger partial charge in [0.25, 0.3) is 0 Å². The predicted molar refractivity (Wildman–Crippen MR) is 79.9 cm³/mol. The van der Waals surface area contributed by atoms with Crippen molar-refractivity contribution < 1.29 is 14.3 Å². The van der Waals surface area contributed by atoms with Crippen molar-refractivity contribution in [2.45, 2.75) is 13.3 Å². The van der Waals surface area contributed by atoms with Crippen LogP contribution in [0.2, 0.25) is 0 Å². The third-order valence-electron chi connectivity index (χ3n) is 2.69. The van der Waals surface area contributed by atoms with Gasteiger partial charge in [-0.2, -0.15) is 0 Å². The molecule has 0 atom stereocenters. The molecule has 0 fully saturated rings. The zero-order valence-corrected chi connectivity index (χ0v) is 12.5. The van der Waals surface area contributed by atoms with Gasteiger partial charge in [0.1, 0.15) is 5.75 Å². The van der Waals surface area contributed by atoms with Gasteiger partial charge in [0.05, 0.1) is 0 Å².